The topological polar surface area (TPSA) is 27.1 Å². The third-order valence-corrected chi connectivity index (χ3v) is 3.20. The molecule has 0 aliphatic carbocycles. The number of nitrogens with zero attached hydrogens (tertiary/aromatic N) is 2. The summed E-state index contributed by atoms with van der Waals surface area (Å²) in [6, 6.07) is 0. The van der Waals surface area contributed by atoms with Gasteiger partial charge >= 0.3 is 0 Å². The van der Waals surface area contributed by atoms with E-state index in [2.05, 4.69) is 11.9 Å². The highest BCUT2D eigenvalue weighted by Crippen LogP contribution is 2.10. The average Bonchev–Trinajstić information content (AvgIpc) is 2.81. The van der Waals surface area contributed by atoms with E-state index in [4.69, 9.17) is 4.84 Å². The van der Waals surface area contributed by atoms with Crippen molar-refractivity contribution in [2.24, 2.45) is 0 Å². The zero-order chi connectivity index (χ0) is 13.1. The first kappa shape index (κ1) is 15.1. The van der Waals surface area contributed by atoms with E-state index >= 15 is 0 Å². The Morgan fingerprint density at radius 1 is 1.00 bits per heavy atom. The Balaban J connectivity index is 2.01. The quantitative estimate of drug-likeness (QED) is 0.556. The molecule has 0 aliphatic rings. The summed E-state index contributed by atoms with van der Waals surface area (Å²) in [7, 11) is 0. The molecule has 0 saturated carbocycles. The van der Waals surface area contributed by atoms with Crippen molar-refractivity contribution in [1.29, 1.82) is 0 Å². The third kappa shape index (κ3) is 6.08. The van der Waals surface area contributed by atoms with Crippen molar-refractivity contribution in [3.05, 3.63) is 18.2 Å². The SMILES string of the molecule is CCCCCCCCCCc1nccn1OCC. The fourth-order valence-electron chi connectivity index (χ4n) is 2.17. The van der Waals surface area contributed by atoms with Crippen molar-refractivity contribution < 1.29 is 4.84 Å². The first-order valence-corrected chi connectivity index (χ1v) is 7.54. The molecular formula is C15H28N2O. The van der Waals surface area contributed by atoms with Gasteiger partial charge in [0.15, 0.2) is 0 Å². The van der Waals surface area contributed by atoms with Crippen LogP contribution in [0.2, 0.25) is 0 Å². The van der Waals surface area contributed by atoms with Crippen LogP contribution in [0.5, 0.6) is 0 Å². The second kappa shape index (κ2) is 9.98. The molecule has 1 heterocycles. The van der Waals surface area contributed by atoms with Gasteiger partial charge in [-0.3, -0.25) is 0 Å². The number of hydrogen-bond donors (Lipinski definition) is 0. The average molecular weight is 252 g/mol. The predicted octanol–water partition coefficient (Wildman–Crippen LogP) is 4.01. The van der Waals surface area contributed by atoms with Crippen LogP contribution in [0.1, 0.15) is 71.0 Å². The lowest BCUT2D eigenvalue weighted by Crippen LogP contribution is -2.13. The molecule has 1 rings (SSSR count). The molecule has 0 atom stereocenters. The number of aryl methyl sites for hydroxylation is 1. The molecule has 0 radical (unpaired) electrons. The maximum absolute atomic E-state index is 5.45. The van der Waals surface area contributed by atoms with E-state index in [-0.39, 0.29) is 0 Å². The van der Waals surface area contributed by atoms with E-state index in [0.29, 0.717) is 6.61 Å². The van der Waals surface area contributed by atoms with Gasteiger partial charge in [0.05, 0.1) is 6.20 Å². The molecular weight excluding hydrogens is 224 g/mol. The summed E-state index contributed by atoms with van der Waals surface area (Å²) in [6.45, 7) is 4.96. The monoisotopic (exact) mass is 252 g/mol. The molecule has 0 aromatic carbocycles. The Labute approximate surface area is 112 Å². The smallest absolute Gasteiger partial charge is 0.144 e. The number of unbranched alkanes of at least 4 members (excludes halogenated alkanes) is 7. The Morgan fingerprint density at radius 2 is 1.67 bits per heavy atom. The van der Waals surface area contributed by atoms with Gasteiger partial charge in [0, 0.05) is 12.6 Å². The summed E-state index contributed by atoms with van der Waals surface area (Å²) in [6.07, 6.45) is 15.6. The Hall–Kier alpha value is -0.990. The van der Waals surface area contributed by atoms with Gasteiger partial charge in [-0.05, 0) is 13.3 Å². The fraction of sp³-hybridized carbons (Fsp3) is 0.800. The molecule has 0 N–H and O–H groups in total. The minimum absolute atomic E-state index is 0.695. The van der Waals surface area contributed by atoms with Gasteiger partial charge in [-0.25, -0.2) is 4.98 Å². The van der Waals surface area contributed by atoms with Gasteiger partial charge in [-0.2, -0.15) is 4.73 Å². The van der Waals surface area contributed by atoms with Crippen LogP contribution in [0.3, 0.4) is 0 Å². The Bertz CT molecular complexity index is 296. The van der Waals surface area contributed by atoms with Crippen molar-refractivity contribution in [2.75, 3.05) is 6.61 Å². The molecule has 0 spiro atoms. The van der Waals surface area contributed by atoms with Crippen LogP contribution in [0.4, 0.5) is 0 Å². The van der Waals surface area contributed by atoms with Crippen LogP contribution in [0.15, 0.2) is 12.4 Å². The van der Waals surface area contributed by atoms with E-state index in [9.17, 15) is 0 Å². The van der Waals surface area contributed by atoms with Crippen LogP contribution < -0.4 is 4.84 Å². The lowest BCUT2D eigenvalue weighted by molar-refractivity contribution is 0.114. The van der Waals surface area contributed by atoms with Crippen LogP contribution in [0, 0.1) is 0 Å². The van der Waals surface area contributed by atoms with Gasteiger partial charge in [0.1, 0.15) is 12.4 Å². The molecule has 3 heteroatoms. The molecule has 104 valence electrons. The largest absolute Gasteiger partial charge is 0.413 e. The van der Waals surface area contributed by atoms with Crippen LogP contribution >= 0.6 is 0 Å². The molecule has 0 fully saturated rings. The Morgan fingerprint density at radius 3 is 2.33 bits per heavy atom. The van der Waals surface area contributed by atoms with E-state index in [0.717, 1.165) is 12.2 Å². The second-order valence-corrected chi connectivity index (χ2v) is 4.81. The predicted molar refractivity (Wildman–Crippen MR) is 75.7 cm³/mol. The zero-order valence-corrected chi connectivity index (χ0v) is 12.0. The van der Waals surface area contributed by atoms with E-state index in [1.807, 2.05) is 19.3 Å². The maximum Gasteiger partial charge on any atom is 0.144 e. The summed E-state index contributed by atoms with van der Waals surface area (Å²) in [5.41, 5.74) is 0. The van der Waals surface area contributed by atoms with Gasteiger partial charge in [-0.15, -0.1) is 0 Å². The summed E-state index contributed by atoms with van der Waals surface area (Å²) in [4.78, 5) is 9.78. The van der Waals surface area contributed by atoms with Crippen molar-refractivity contribution in [2.45, 2.75) is 71.6 Å². The summed E-state index contributed by atoms with van der Waals surface area (Å²) < 4.78 is 1.81. The first-order valence-electron chi connectivity index (χ1n) is 7.54. The van der Waals surface area contributed by atoms with E-state index in [1.165, 1.54) is 51.4 Å². The van der Waals surface area contributed by atoms with Crippen LogP contribution in [-0.2, 0) is 6.42 Å². The minimum atomic E-state index is 0.695. The molecule has 1 aromatic heterocycles. The highest BCUT2D eigenvalue weighted by molar-refractivity contribution is 4.89. The number of imidazole rings is 1. The normalized spacial score (nSPS) is 10.8. The summed E-state index contributed by atoms with van der Waals surface area (Å²) in [5, 5.41) is 0. The molecule has 0 saturated heterocycles. The standard InChI is InChI=1S/C15H28N2O/c1-3-5-6-7-8-9-10-11-12-15-16-13-14-17(15)18-4-2/h13-14H,3-12H2,1-2H3. The summed E-state index contributed by atoms with van der Waals surface area (Å²) in [5.74, 6) is 1.06. The van der Waals surface area contributed by atoms with Crippen molar-refractivity contribution in [3.8, 4) is 0 Å². The highest BCUT2D eigenvalue weighted by atomic mass is 16.7. The number of hydrogen-bond acceptors (Lipinski definition) is 2. The van der Waals surface area contributed by atoms with E-state index < -0.39 is 0 Å². The summed E-state index contributed by atoms with van der Waals surface area (Å²) >= 11 is 0. The van der Waals surface area contributed by atoms with Crippen LogP contribution in [-0.4, -0.2) is 16.3 Å². The fourth-order valence-corrected chi connectivity index (χ4v) is 2.17. The molecule has 3 nitrogen and oxygen atoms in total. The van der Waals surface area contributed by atoms with Crippen LogP contribution in [0.25, 0.3) is 0 Å². The van der Waals surface area contributed by atoms with Crippen molar-refractivity contribution in [3.63, 3.8) is 0 Å². The molecule has 0 amide bonds. The zero-order valence-electron chi connectivity index (χ0n) is 12.0. The van der Waals surface area contributed by atoms with Gasteiger partial charge in [0.25, 0.3) is 0 Å². The Kier molecular flexibility index (Phi) is 8.36. The molecule has 18 heavy (non-hydrogen) atoms. The molecule has 0 aliphatic heterocycles. The highest BCUT2D eigenvalue weighted by Gasteiger charge is 2.02. The molecule has 0 unspecified atom stereocenters. The van der Waals surface area contributed by atoms with Crippen molar-refractivity contribution >= 4 is 0 Å². The molecule has 0 bridgehead atoms. The maximum atomic E-state index is 5.45. The lowest BCUT2D eigenvalue weighted by Gasteiger charge is -2.07. The second-order valence-electron chi connectivity index (χ2n) is 4.81. The number of rotatable bonds is 11. The lowest BCUT2D eigenvalue weighted by atomic mass is 10.1. The van der Waals surface area contributed by atoms with E-state index in [1.54, 1.807) is 4.73 Å². The minimum Gasteiger partial charge on any atom is -0.413 e. The molecule has 1 aromatic rings. The van der Waals surface area contributed by atoms with Gasteiger partial charge < -0.3 is 4.84 Å². The van der Waals surface area contributed by atoms with Gasteiger partial charge in [-0.1, -0.05) is 51.9 Å². The first-order chi connectivity index (χ1) is 8.88. The van der Waals surface area contributed by atoms with Gasteiger partial charge in [0.2, 0.25) is 0 Å². The third-order valence-electron chi connectivity index (χ3n) is 3.20. The number of aromatic nitrogens is 2. The van der Waals surface area contributed by atoms with Crippen molar-refractivity contribution in [1.82, 2.24) is 9.71 Å².